The lowest BCUT2D eigenvalue weighted by Gasteiger charge is -2.15. The van der Waals surface area contributed by atoms with Crippen molar-refractivity contribution in [2.45, 2.75) is 52.3 Å². The summed E-state index contributed by atoms with van der Waals surface area (Å²) in [5, 5.41) is 5.53. The molecule has 0 radical (unpaired) electrons. The fourth-order valence-electron chi connectivity index (χ4n) is 1.34. The number of hydrogen-bond acceptors (Lipinski definition) is 2. The highest BCUT2D eigenvalue weighted by atomic mass is 19.4. The Hall–Kier alpha value is -0.780. The van der Waals surface area contributed by atoms with E-state index in [0.717, 1.165) is 6.42 Å². The molecule has 0 heterocycles. The molecular weight excluding hydrogens is 245 g/mol. The highest BCUT2D eigenvalue weighted by Gasteiger charge is 2.26. The Bertz CT molecular complexity index is 242. The second-order valence-corrected chi connectivity index (χ2v) is 4.87. The molecule has 6 heteroatoms. The van der Waals surface area contributed by atoms with Crippen LogP contribution in [-0.4, -0.2) is 31.2 Å². The van der Waals surface area contributed by atoms with Gasteiger partial charge in [0.1, 0.15) is 0 Å². The van der Waals surface area contributed by atoms with Crippen molar-refractivity contribution in [2.24, 2.45) is 5.92 Å². The quantitative estimate of drug-likeness (QED) is 0.664. The average Bonchev–Trinajstić information content (AvgIpc) is 2.22. The molecule has 18 heavy (non-hydrogen) atoms. The first-order valence-corrected chi connectivity index (χ1v) is 6.30. The topological polar surface area (TPSA) is 41.1 Å². The van der Waals surface area contributed by atoms with E-state index in [2.05, 4.69) is 24.5 Å². The molecular formula is C12H23F3N2O. The summed E-state index contributed by atoms with van der Waals surface area (Å²) in [6, 6.07) is -0.453. The van der Waals surface area contributed by atoms with E-state index in [1.54, 1.807) is 6.92 Å². The Morgan fingerprint density at radius 2 is 1.78 bits per heavy atom. The fourth-order valence-corrected chi connectivity index (χ4v) is 1.34. The van der Waals surface area contributed by atoms with Crippen LogP contribution >= 0.6 is 0 Å². The summed E-state index contributed by atoms with van der Waals surface area (Å²) < 4.78 is 35.6. The zero-order valence-electron chi connectivity index (χ0n) is 11.2. The summed E-state index contributed by atoms with van der Waals surface area (Å²) in [6.45, 7) is 6.57. The van der Waals surface area contributed by atoms with E-state index in [-0.39, 0.29) is 18.9 Å². The summed E-state index contributed by atoms with van der Waals surface area (Å²) in [5.74, 6) is 0.350. The lowest BCUT2D eigenvalue weighted by Crippen LogP contribution is -2.43. The van der Waals surface area contributed by atoms with E-state index in [9.17, 15) is 18.0 Å². The molecule has 0 aliphatic carbocycles. The van der Waals surface area contributed by atoms with Gasteiger partial charge >= 0.3 is 6.18 Å². The second kappa shape index (κ2) is 8.34. The Labute approximate surface area is 107 Å². The number of halogens is 3. The normalized spacial score (nSPS) is 13.7. The molecule has 2 N–H and O–H groups in total. The number of carbonyl (C=O) groups excluding carboxylic acids is 1. The van der Waals surface area contributed by atoms with Crippen LogP contribution in [-0.2, 0) is 4.79 Å². The summed E-state index contributed by atoms with van der Waals surface area (Å²) in [5.41, 5.74) is 0. The van der Waals surface area contributed by atoms with Gasteiger partial charge in [-0.25, -0.2) is 0 Å². The van der Waals surface area contributed by atoms with E-state index in [4.69, 9.17) is 0 Å². The molecule has 1 atom stereocenters. The van der Waals surface area contributed by atoms with Gasteiger partial charge in [0.25, 0.3) is 0 Å². The third-order valence-corrected chi connectivity index (χ3v) is 2.50. The third-order valence-electron chi connectivity index (χ3n) is 2.50. The van der Waals surface area contributed by atoms with Crippen LogP contribution in [0.2, 0.25) is 0 Å². The van der Waals surface area contributed by atoms with Crippen LogP contribution < -0.4 is 10.6 Å². The number of amides is 1. The Morgan fingerprint density at radius 1 is 1.17 bits per heavy atom. The molecule has 108 valence electrons. The Morgan fingerprint density at radius 3 is 2.28 bits per heavy atom. The molecule has 3 nitrogen and oxygen atoms in total. The van der Waals surface area contributed by atoms with Gasteiger partial charge in [-0.2, -0.15) is 13.2 Å². The van der Waals surface area contributed by atoms with Crippen molar-refractivity contribution in [3.05, 3.63) is 0 Å². The lowest BCUT2D eigenvalue weighted by molar-refractivity contribution is -0.135. The van der Waals surface area contributed by atoms with Gasteiger partial charge < -0.3 is 10.6 Å². The molecule has 0 aliphatic heterocycles. The number of nitrogens with one attached hydrogen (secondary N) is 2. The van der Waals surface area contributed by atoms with Crippen LogP contribution in [0, 0.1) is 5.92 Å². The SMILES string of the molecule is CC(C)CCNC(=O)C(C)NCCCC(F)(F)F. The molecule has 0 spiro atoms. The summed E-state index contributed by atoms with van der Waals surface area (Å²) >= 11 is 0. The summed E-state index contributed by atoms with van der Waals surface area (Å²) in [6.07, 6.45) is -4.05. The van der Waals surface area contributed by atoms with Gasteiger partial charge in [-0.05, 0) is 32.2 Å². The Balaban J connectivity index is 3.62. The van der Waals surface area contributed by atoms with Crippen LogP contribution in [0.4, 0.5) is 13.2 Å². The molecule has 0 aromatic heterocycles. The average molecular weight is 268 g/mol. The van der Waals surface area contributed by atoms with E-state index >= 15 is 0 Å². The first-order valence-electron chi connectivity index (χ1n) is 6.30. The smallest absolute Gasteiger partial charge is 0.355 e. The van der Waals surface area contributed by atoms with Crippen LogP contribution in [0.5, 0.6) is 0 Å². The van der Waals surface area contributed by atoms with Crippen molar-refractivity contribution < 1.29 is 18.0 Å². The maximum absolute atomic E-state index is 11.9. The molecule has 0 fully saturated rings. The van der Waals surface area contributed by atoms with Gasteiger partial charge in [0.2, 0.25) is 5.91 Å². The van der Waals surface area contributed by atoms with Crippen LogP contribution in [0.15, 0.2) is 0 Å². The zero-order valence-corrected chi connectivity index (χ0v) is 11.2. The van der Waals surface area contributed by atoms with Crippen LogP contribution in [0.25, 0.3) is 0 Å². The van der Waals surface area contributed by atoms with Gasteiger partial charge in [-0.1, -0.05) is 13.8 Å². The fraction of sp³-hybridized carbons (Fsp3) is 0.917. The van der Waals surface area contributed by atoms with Crippen LogP contribution in [0.1, 0.15) is 40.0 Å². The molecule has 0 aromatic carbocycles. The molecule has 0 rings (SSSR count). The highest BCUT2D eigenvalue weighted by Crippen LogP contribution is 2.20. The molecule has 0 aromatic rings. The summed E-state index contributed by atoms with van der Waals surface area (Å²) in [7, 11) is 0. The van der Waals surface area contributed by atoms with Crippen molar-refractivity contribution >= 4 is 5.91 Å². The lowest BCUT2D eigenvalue weighted by atomic mass is 10.1. The van der Waals surface area contributed by atoms with Crippen molar-refractivity contribution in [3.63, 3.8) is 0 Å². The van der Waals surface area contributed by atoms with Crippen LogP contribution in [0.3, 0.4) is 0 Å². The minimum Gasteiger partial charge on any atom is -0.355 e. The standard InChI is InChI=1S/C12H23F3N2O/c1-9(2)5-8-17-11(18)10(3)16-7-4-6-12(13,14)15/h9-10,16H,4-8H2,1-3H3,(H,17,18). The van der Waals surface area contributed by atoms with E-state index in [0.29, 0.717) is 12.5 Å². The minimum absolute atomic E-state index is 0.00683. The largest absolute Gasteiger partial charge is 0.389 e. The number of alkyl halides is 3. The monoisotopic (exact) mass is 268 g/mol. The minimum atomic E-state index is -4.12. The van der Waals surface area contributed by atoms with Gasteiger partial charge in [0.05, 0.1) is 6.04 Å². The number of rotatable bonds is 8. The second-order valence-electron chi connectivity index (χ2n) is 4.87. The van der Waals surface area contributed by atoms with Gasteiger partial charge in [-0.3, -0.25) is 4.79 Å². The van der Waals surface area contributed by atoms with Crippen molar-refractivity contribution in [2.75, 3.05) is 13.1 Å². The Kier molecular flexibility index (Phi) is 7.98. The first-order chi connectivity index (χ1) is 8.22. The predicted molar refractivity (Wildman–Crippen MR) is 65.2 cm³/mol. The third kappa shape index (κ3) is 10.4. The van der Waals surface area contributed by atoms with E-state index in [1.807, 2.05) is 0 Å². The van der Waals surface area contributed by atoms with Gasteiger partial charge in [0, 0.05) is 13.0 Å². The number of hydrogen-bond donors (Lipinski definition) is 2. The highest BCUT2D eigenvalue weighted by molar-refractivity contribution is 5.81. The molecule has 0 bridgehead atoms. The van der Waals surface area contributed by atoms with Crippen molar-refractivity contribution in [3.8, 4) is 0 Å². The molecule has 0 saturated carbocycles. The van der Waals surface area contributed by atoms with Gasteiger partial charge in [-0.15, -0.1) is 0 Å². The predicted octanol–water partition coefficient (Wildman–Crippen LogP) is 2.47. The van der Waals surface area contributed by atoms with Crippen molar-refractivity contribution in [1.29, 1.82) is 0 Å². The van der Waals surface area contributed by atoms with Crippen molar-refractivity contribution in [1.82, 2.24) is 10.6 Å². The van der Waals surface area contributed by atoms with Gasteiger partial charge in [0.15, 0.2) is 0 Å². The first kappa shape index (κ1) is 17.2. The summed E-state index contributed by atoms with van der Waals surface area (Å²) in [4.78, 5) is 11.5. The molecule has 0 saturated heterocycles. The zero-order chi connectivity index (χ0) is 14.2. The molecule has 0 aliphatic rings. The maximum atomic E-state index is 11.9. The number of carbonyl (C=O) groups is 1. The molecule has 1 unspecified atom stereocenters. The maximum Gasteiger partial charge on any atom is 0.389 e. The van der Waals surface area contributed by atoms with E-state index < -0.39 is 18.6 Å². The van der Waals surface area contributed by atoms with E-state index in [1.165, 1.54) is 0 Å². The molecule has 1 amide bonds.